The molecule has 2 amide bonds. The highest BCUT2D eigenvalue weighted by atomic mass is 31.2. The second-order valence-electron chi connectivity index (χ2n) is 7.23. The molecule has 0 saturated heterocycles. The fraction of sp³-hybridized carbons (Fsp3) is 0.579. The Kier molecular flexibility index (Phi) is 9.99. The lowest BCUT2D eigenvalue weighted by Crippen LogP contribution is -2.53. The van der Waals surface area contributed by atoms with Crippen LogP contribution in [0, 0.1) is 0 Å². The number of alkyl carbamates (subject to hydrolysis) is 1. The molecule has 1 aromatic rings. The van der Waals surface area contributed by atoms with E-state index in [-0.39, 0.29) is 6.61 Å². The first kappa shape index (κ1) is 26.9. The minimum atomic E-state index is -5.14. The molecule has 0 heterocycles. The van der Waals surface area contributed by atoms with Crippen molar-refractivity contribution in [2.45, 2.75) is 71.4 Å². The molecule has 0 unspecified atom stereocenters. The van der Waals surface area contributed by atoms with E-state index in [0.717, 1.165) is 6.92 Å². The minimum Gasteiger partial charge on any atom is -0.445 e. The number of hydrogen-bond donors (Lipinski definition) is 2. The number of halogens is 3. The number of ether oxygens (including phenoxy) is 1. The standard InChI is InChI=1S/C19H28F3N2O6P/c1-12(2)29-31(27,30-13(3)4)17(19(20,21)22)24-16(25)14(5)23-18(26)28-11-15-9-7-6-8-10-15/h6-10,12-14,17H,11H2,1-5H3,(H,23,26)(H,24,25)/t14-,17-/m0/s1. The lowest BCUT2D eigenvalue weighted by atomic mass is 10.2. The smallest absolute Gasteiger partial charge is 0.420 e. The van der Waals surface area contributed by atoms with Crippen LogP contribution in [0.25, 0.3) is 0 Å². The highest BCUT2D eigenvalue weighted by molar-refractivity contribution is 7.54. The van der Waals surface area contributed by atoms with E-state index < -0.39 is 49.8 Å². The van der Waals surface area contributed by atoms with E-state index in [4.69, 9.17) is 13.8 Å². The number of amides is 2. The summed E-state index contributed by atoms with van der Waals surface area (Å²) >= 11 is 0. The molecule has 0 aliphatic heterocycles. The molecular weight excluding hydrogens is 440 g/mol. The van der Waals surface area contributed by atoms with Gasteiger partial charge in [0.15, 0.2) is 0 Å². The van der Waals surface area contributed by atoms with Crippen molar-refractivity contribution >= 4 is 19.6 Å². The Morgan fingerprint density at radius 2 is 1.48 bits per heavy atom. The van der Waals surface area contributed by atoms with Gasteiger partial charge in [0.05, 0.1) is 12.2 Å². The van der Waals surface area contributed by atoms with Gasteiger partial charge in [-0.15, -0.1) is 0 Å². The summed E-state index contributed by atoms with van der Waals surface area (Å²) < 4.78 is 68.8. The summed E-state index contributed by atoms with van der Waals surface area (Å²) in [5, 5.41) is 3.77. The zero-order valence-electron chi connectivity index (χ0n) is 17.9. The van der Waals surface area contributed by atoms with Crippen LogP contribution < -0.4 is 10.6 Å². The first-order valence-corrected chi connectivity index (χ1v) is 11.2. The van der Waals surface area contributed by atoms with E-state index in [1.54, 1.807) is 35.6 Å². The average molecular weight is 468 g/mol. The molecule has 12 heteroatoms. The third kappa shape index (κ3) is 9.28. The number of carbonyl (C=O) groups is 2. The monoisotopic (exact) mass is 468 g/mol. The van der Waals surface area contributed by atoms with Gasteiger partial charge in [0.2, 0.25) is 11.7 Å². The van der Waals surface area contributed by atoms with Crippen molar-refractivity contribution in [2.75, 3.05) is 0 Å². The molecule has 0 spiro atoms. The average Bonchev–Trinajstić information content (AvgIpc) is 2.62. The Balaban J connectivity index is 2.85. The fourth-order valence-electron chi connectivity index (χ4n) is 2.34. The Bertz CT molecular complexity index is 760. The van der Waals surface area contributed by atoms with Crippen LogP contribution in [0.2, 0.25) is 0 Å². The third-order valence-corrected chi connectivity index (χ3v) is 6.05. The highest BCUT2D eigenvalue weighted by Gasteiger charge is 2.56. The molecule has 0 aliphatic carbocycles. The van der Waals surface area contributed by atoms with E-state index in [2.05, 4.69) is 5.32 Å². The largest absolute Gasteiger partial charge is 0.445 e. The maximum Gasteiger partial charge on any atom is 0.420 e. The summed E-state index contributed by atoms with van der Waals surface area (Å²) in [6.45, 7) is 6.62. The topological polar surface area (TPSA) is 103 Å². The summed E-state index contributed by atoms with van der Waals surface area (Å²) in [5.74, 6) is -4.15. The second-order valence-corrected chi connectivity index (χ2v) is 9.25. The minimum absolute atomic E-state index is 0.0914. The Hall–Kier alpha value is -2.10. The summed E-state index contributed by atoms with van der Waals surface area (Å²) in [6, 6.07) is 7.25. The van der Waals surface area contributed by atoms with Crippen LogP contribution in [0.3, 0.4) is 0 Å². The van der Waals surface area contributed by atoms with E-state index in [1.165, 1.54) is 27.7 Å². The van der Waals surface area contributed by atoms with E-state index in [9.17, 15) is 27.3 Å². The second kappa shape index (κ2) is 11.5. The number of alkyl halides is 3. The summed E-state index contributed by atoms with van der Waals surface area (Å²) in [6.07, 6.45) is -7.87. The molecule has 0 fully saturated rings. The molecule has 2 N–H and O–H groups in total. The first-order valence-electron chi connectivity index (χ1n) is 9.55. The molecule has 2 atom stereocenters. The quantitative estimate of drug-likeness (QED) is 0.495. The Labute approximate surface area is 179 Å². The van der Waals surface area contributed by atoms with Crippen molar-refractivity contribution in [3.63, 3.8) is 0 Å². The van der Waals surface area contributed by atoms with Crippen molar-refractivity contribution in [3.8, 4) is 0 Å². The van der Waals surface area contributed by atoms with Gasteiger partial charge < -0.3 is 24.4 Å². The van der Waals surface area contributed by atoms with E-state index in [0.29, 0.717) is 5.56 Å². The van der Waals surface area contributed by atoms with Crippen molar-refractivity contribution in [2.24, 2.45) is 0 Å². The van der Waals surface area contributed by atoms with Crippen molar-refractivity contribution in [1.82, 2.24) is 10.6 Å². The molecule has 0 aromatic heterocycles. The lowest BCUT2D eigenvalue weighted by molar-refractivity contribution is -0.151. The van der Waals surface area contributed by atoms with Crippen LogP contribution in [0.4, 0.5) is 18.0 Å². The summed E-state index contributed by atoms with van der Waals surface area (Å²) in [4.78, 5) is 24.2. The van der Waals surface area contributed by atoms with Gasteiger partial charge in [-0.1, -0.05) is 30.3 Å². The molecule has 176 valence electrons. The molecule has 31 heavy (non-hydrogen) atoms. The van der Waals surface area contributed by atoms with Gasteiger partial charge in [0.25, 0.3) is 0 Å². The zero-order chi connectivity index (χ0) is 23.8. The van der Waals surface area contributed by atoms with Crippen LogP contribution in [0.15, 0.2) is 30.3 Å². The van der Waals surface area contributed by atoms with Gasteiger partial charge in [-0.3, -0.25) is 9.36 Å². The number of nitrogens with one attached hydrogen (secondary N) is 2. The van der Waals surface area contributed by atoms with Crippen molar-refractivity contribution in [1.29, 1.82) is 0 Å². The Morgan fingerprint density at radius 3 is 1.94 bits per heavy atom. The lowest BCUT2D eigenvalue weighted by Gasteiger charge is -2.32. The van der Waals surface area contributed by atoms with Crippen LogP contribution in [-0.2, 0) is 29.8 Å². The molecule has 0 saturated carbocycles. The molecule has 1 aromatic carbocycles. The van der Waals surface area contributed by atoms with Crippen LogP contribution >= 0.6 is 7.60 Å². The first-order chi connectivity index (χ1) is 14.2. The van der Waals surface area contributed by atoms with E-state index in [1.807, 2.05) is 0 Å². The third-order valence-electron chi connectivity index (χ3n) is 3.56. The zero-order valence-corrected chi connectivity index (χ0v) is 18.8. The highest BCUT2D eigenvalue weighted by Crippen LogP contribution is 2.58. The maximum atomic E-state index is 13.7. The van der Waals surface area contributed by atoms with Crippen LogP contribution in [-0.4, -0.2) is 42.2 Å². The SMILES string of the molecule is CC(C)OP(=O)(OC(C)C)[C@H](NC(=O)[C@H](C)NC(=O)OCc1ccccc1)C(F)(F)F. The molecule has 1 rings (SSSR count). The Morgan fingerprint density at radius 1 is 0.968 bits per heavy atom. The van der Waals surface area contributed by atoms with Crippen molar-refractivity contribution < 1.29 is 41.1 Å². The van der Waals surface area contributed by atoms with Gasteiger partial charge in [0, 0.05) is 0 Å². The number of hydrogen-bond acceptors (Lipinski definition) is 6. The van der Waals surface area contributed by atoms with E-state index >= 15 is 0 Å². The van der Waals surface area contributed by atoms with Crippen LogP contribution in [0.1, 0.15) is 40.2 Å². The van der Waals surface area contributed by atoms with Gasteiger partial charge in [-0.2, -0.15) is 13.2 Å². The predicted molar refractivity (Wildman–Crippen MR) is 107 cm³/mol. The number of rotatable bonds is 10. The predicted octanol–water partition coefficient (Wildman–Crippen LogP) is 4.35. The summed E-state index contributed by atoms with van der Waals surface area (Å²) in [5.41, 5.74) is 0.685. The molecule has 8 nitrogen and oxygen atoms in total. The maximum absolute atomic E-state index is 13.7. The van der Waals surface area contributed by atoms with Crippen molar-refractivity contribution in [3.05, 3.63) is 35.9 Å². The van der Waals surface area contributed by atoms with Crippen LogP contribution in [0.5, 0.6) is 0 Å². The molecule has 0 radical (unpaired) electrons. The molecule has 0 bridgehead atoms. The van der Waals surface area contributed by atoms with Gasteiger partial charge in [0.1, 0.15) is 12.6 Å². The number of carbonyl (C=O) groups excluding carboxylic acids is 2. The normalized spacial score (nSPS) is 14.3. The van der Waals surface area contributed by atoms with Gasteiger partial charge in [-0.25, -0.2) is 4.79 Å². The fourth-order valence-corrected chi connectivity index (χ4v) is 4.45. The molecule has 0 aliphatic rings. The van der Waals surface area contributed by atoms with Gasteiger partial charge >= 0.3 is 19.9 Å². The summed E-state index contributed by atoms with van der Waals surface area (Å²) in [7, 11) is -4.84. The van der Waals surface area contributed by atoms with Gasteiger partial charge in [-0.05, 0) is 40.2 Å². The number of benzene rings is 1. The molecular formula is C19H28F3N2O6P.